The molecule has 0 unspecified atom stereocenters. The van der Waals surface area contributed by atoms with E-state index in [4.69, 9.17) is 33.9 Å². The van der Waals surface area contributed by atoms with Crippen LogP contribution in [0.25, 0.3) is 0 Å². The fourth-order valence-electron chi connectivity index (χ4n) is 3.95. The van der Waals surface area contributed by atoms with Crippen LogP contribution in [0.5, 0.6) is 11.5 Å². The minimum atomic E-state index is -1.80. The van der Waals surface area contributed by atoms with Gasteiger partial charge in [-0.1, -0.05) is 6.08 Å². The molecule has 0 radical (unpaired) electrons. The van der Waals surface area contributed by atoms with Gasteiger partial charge < -0.3 is 39.0 Å². The number of rotatable bonds is 7. The molecular formula is C27H26O14. The molecule has 0 bridgehead atoms. The summed E-state index contributed by atoms with van der Waals surface area (Å²) in [4.78, 5) is 72.4. The minimum absolute atomic E-state index is 0.0116. The zero-order chi connectivity index (χ0) is 30.3. The van der Waals surface area contributed by atoms with Gasteiger partial charge in [0.2, 0.25) is 6.10 Å². The normalized spacial score (nSPS) is 25.3. The van der Waals surface area contributed by atoms with E-state index in [9.17, 15) is 33.9 Å². The van der Waals surface area contributed by atoms with E-state index in [1.165, 1.54) is 32.2 Å². The first kappa shape index (κ1) is 30.6. The molecule has 0 spiro atoms. The number of ketones is 1. The van der Waals surface area contributed by atoms with Gasteiger partial charge in [0.05, 0.1) is 13.2 Å². The number of carboxylic acids is 2. The van der Waals surface area contributed by atoms with Crippen LogP contribution in [0.3, 0.4) is 0 Å². The molecule has 14 heteroatoms. The zero-order valence-corrected chi connectivity index (χ0v) is 21.8. The molecule has 3 rings (SSSR count). The predicted molar refractivity (Wildman–Crippen MR) is 134 cm³/mol. The largest absolute Gasteiger partial charge is 0.507 e. The Morgan fingerprint density at radius 3 is 2.22 bits per heavy atom. The topological polar surface area (TPSA) is 213 Å². The Balaban J connectivity index is 2.05. The molecule has 0 aliphatic carbocycles. The monoisotopic (exact) mass is 574 g/mol. The highest BCUT2D eigenvalue weighted by Gasteiger charge is 2.48. The number of methoxy groups -OCH3 is 1. The molecule has 0 aromatic heterocycles. The third kappa shape index (κ3) is 8.50. The van der Waals surface area contributed by atoms with Crippen LogP contribution in [0.15, 0.2) is 48.6 Å². The highest BCUT2D eigenvalue weighted by Crippen LogP contribution is 2.47. The predicted octanol–water partition coefficient (Wildman–Crippen LogP) is 1.41. The molecule has 1 aromatic carbocycles. The van der Waals surface area contributed by atoms with Crippen molar-refractivity contribution in [1.29, 1.82) is 0 Å². The van der Waals surface area contributed by atoms with Gasteiger partial charge in [-0.2, -0.15) is 0 Å². The first-order chi connectivity index (χ1) is 19.4. The first-order valence-corrected chi connectivity index (χ1v) is 12.1. The standard InChI is InChI=1S/C27H26O14/c1-13-4-3-5-16(28)26(41-23(35)9-7-21(32)33)19(39-22(34)8-6-20(30)31)12-18-25(40-18)15-10-14(37-2)11-17(29)24(15)27(36)38-13/h3,5-11,13,18-19,25-26,29H,4,12H2,1-2H3,(H,30,31)(H,32,33)/b5-3-,8-6-,9-7-/t13-,18+,19-,25+,26+/m0/s1. The summed E-state index contributed by atoms with van der Waals surface area (Å²) in [5, 5.41) is 28.2. The molecule has 0 amide bonds. The summed E-state index contributed by atoms with van der Waals surface area (Å²) in [6, 6.07) is 2.65. The van der Waals surface area contributed by atoms with Gasteiger partial charge in [-0.15, -0.1) is 0 Å². The van der Waals surface area contributed by atoms with Gasteiger partial charge in [0.25, 0.3) is 0 Å². The number of carboxylic acid groups (broad SMARTS) is 2. The lowest BCUT2D eigenvalue weighted by Gasteiger charge is -2.24. The van der Waals surface area contributed by atoms with Crippen molar-refractivity contribution in [3.8, 4) is 11.5 Å². The van der Waals surface area contributed by atoms with Crippen LogP contribution < -0.4 is 4.74 Å². The molecule has 5 atom stereocenters. The lowest BCUT2D eigenvalue weighted by Crippen LogP contribution is -2.41. The average Bonchev–Trinajstić information content (AvgIpc) is 3.66. The van der Waals surface area contributed by atoms with Gasteiger partial charge in [0.15, 0.2) is 5.78 Å². The number of fused-ring (bicyclic) bond motifs is 3. The number of carbonyl (C=O) groups excluding carboxylic acids is 4. The van der Waals surface area contributed by atoms with Crippen molar-refractivity contribution in [1.82, 2.24) is 0 Å². The molecule has 41 heavy (non-hydrogen) atoms. The Bertz CT molecular complexity index is 1320. The number of ether oxygens (including phenoxy) is 5. The van der Waals surface area contributed by atoms with Crippen LogP contribution in [0.2, 0.25) is 0 Å². The van der Waals surface area contributed by atoms with Gasteiger partial charge in [-0.3, -0.25) is 4.79 Å². The first-order valence-electron chi connectivity index (χ1n) is 12.1. The molecular weight excluding hydrogens is 548 g/mol. The van der Waals surface area contributed by atoms with E-state index in [1.807, 2.05) is 0 Å². The molecule has 3 N–H and O–H groups in total. The molecule has 0 saturated carbocycles. The van der Waals surface area contributed by atoms with Gasteiger partial charge >= 0.3 is 29.8 Å². The number of benzene rings is 1. The van der Waals surface area contributed by atoms with Crippen molar-refractivity contribution >= 4 is 35.6 Å². The lowest BCUT2D eigenvalue weighted by molar-refractivity contribution is -0.166. The quantitative estimate of drug-likeness (QED) is 0.182. The molecule has 1 aromatic rings. The van der Waals surface area contributed by atoms with Crippen LogP contribution in [-0.4, -0.2) is 82.5 Å². The van der Waals surface area contributed by atoms with Crippen molar-refractivity contribution in [2.24, 2.45) is 0 Å². The van der Waals surface area contributed by atoms with E-state index in [0.717, 1.165) is 6.08 Å². The number of epoxide rings is 1. The number of aliphatic carboxylic acids is 2. The van der Waals surface area contributed by atoms with E-state index in [1.54, 1.807) is 0 Å². The highest BCUT2D eigenvalue weighted by molar-refractivity contribution is 5.98. The van der Waals surface area contributed by atoms with Crippen LogP contribution in [0.4, 0.5) is 0 Å². The number of hydrogen-bond donors (Lipinski definition) is 3. The number of cyclic esters (lactones) is 1. The van der Waals surface area contributed by atoms with Gasteiger partial charge in [-0.05, 0) is 19.1 Å². The molecule has 2 heterocycles. The highest BCUT2D eigenvalue weighted by atomic mass is 16.6. The molecule has 1 saturated heterocycles. The second kappa shape index (κ2) is 13.4. The zero-order valence-electron chi connectivity index (χ0n) is 21.8. The van der Waals surface area contributed by atoms with E-state index >= 15 is 0 Å². The number of phenols is 1. The molecule has 14 nitrogen and oxygen atoms in total. The summed E-state index contributed by atoms with van der Waals surface area (Å²) in [5.41, 5.74) is -0.0150. The second-order valence-electron chi connectivity index (χ2n) is 8.87. The van der Waals surface area contributed by atoms with Crippen molar-refractivity contribution in [3.63, 3.8) is 0 Å². The Hall–Kier alpha value is -4.98. The summed E-state index contributed by atoms with van der Waals surface area (Å²) in [5.74, 6) is -7.32. The van der Waals surface area contributed by atoms with Gasteiger partial charge in [-0.25, -0.2) is 24.0 Å². The van der Waals surface area contributed by atoms with E-state index in [-0.39, 0.29) is 29.7 Å². The van der Waals surface area contributed by atoms with Gasteiger partial charge in [0.1, 0.15) is 35.4 Å². The minimum Gasteiger partial charge on any atom is -0.507 e. The summed E-state index contributed by atoms with van der Waals surface area (Å²) in [7, 11) is 1.34. The average molecular weight is 574 g/mol. The van der Waals surface area contributed by atoms with Crippen molar-refractivity contribution in [2.45, 2.75) is 50.3 Å². The van der Waals surface area contributed by atoms with E-state index in [2.05, 4.69) is 0 Å². The van der Waals surface area contributed by atoms with Crippen LogP contribution >= 0.6 is 0 Å². The Morgan fingerprint density at radius 1 is 0.976 bits per heavy atom. The van der Waals surface area contributed by atoms with Crippen molar-refractivity contribution in [3.05, 3.63) is 59.7 Å². The van der Waals surface area contributed by atoms with Crippen LogP contribution in [0, 0.1) is 0 Å². The Labute approximate surface area is 232 Å². The lowest BCUT2D eigenvalue weighted by atomic mass is 9.96. The maximum absolute atomic E-state index is 13.1. The Kier molecular flexibility index (Phi) is 9.98. The van der Waals surface area contributed by atoms with Crippen molar-refractivity contribution in [2.75, 3.05) is 7.11 Å². The van der Waals surface area contributed by atoms with E-state index in [0.29, 0.717) is 24.3 Å². The summed E-state index contributed by atoms with van der Waals surface area (Å²) < 4.78 is 26.8. The Morgan fingerprint density at radius 2 is 1.61 bits per heavy atom. The third-order valence-corrected chi connectivity index (χ3v) is 5.83. The molecule has 218 valence electrons. The maximum atomic E-state index is 13.1. The molecule has 2 aliphatic rings. The summed E-state index contributed by atoms with van der Waals surface area (Å²) in [6.07, 6.45) is -1.74. The smallest absolute Gasteiger partial charge is 0.342 e. The third-order valence-electron chi connectivity index (χ3n) is 5.83. The van der Waals surface area contributed by atoms with E-state index < -0.39 is 71.9 Å². The number of esters is 3. The van der Waals surface area contributed by atoms with Gasteiger partial charge in [0, 0.05) is 48.8 Å². The number of hydrogen-bond acceptors (Lipinski definition) is 12. The summed E-state index contributed by atoms with van der Waals surface area (Å²) in [6.45, 7) is 1.53. The number of carbonyl (C=O) groups is 6. The number of phenolic OH excluding ortho intramolecular Hbond substituents is 1. The fourth-order valence-corrected chi connectivity index (χ4v) is 3.95. The molecule has 2 aliphatic heterocycles. The molecule has 1 fully saturated rings. The summed E-state index contributed by atoms with van der Waals surface area (Å²) >= 11 is 0. The van der Waals surface area contributed by atoms with Crippen molar-refractivity contribution < 1.29 is 67.8 Å². The number of aromatic hydroxyl groups is 1. The SMILES string of the molecule is COc1cc(O)c2c(c1)[C@H]1O[C@@H]1C[C@H](OC(=O)/C=C\C(=O)O)[C@H](OC(=O)/C=C\C(=O)O)C(=O)/C=C\C[C@H](C)OC2=O. The maximum Gasteiger partial charge on any atom is 0.342 e. The van der Waals surface area contributed by atoms with Crippen LogP contribution in [0.1, 0.15) is 41.8 Å². The second-order valence-corrected chi connectivity index (χ2v) is 8.87. The van der Waals surface area contributed by atoms with Crippen LogP contribution in [-0.2, 0) is 42.9 Å². The fraction of sp³-hybridized carbons (Fsp3) is 0.333.